The Bertz CT molecular complexity index is 603. The predicted molar refractivity (Wildman–Crippen MR) is 90.9 cm³/mol. The van der Waals surface area contributed by atoms with Crippen molar-refractivity contribution in [2.24, 2.45) is 0 Å². The number of rotatable bonds is 4. The second-order valence-corrected chi connectivity index (χ2v) is 6.62. The van der Waals surface area contributed by atoms with Gasteiger partial charge in [-0.25, -0.2) is 0 Å². The van der Waals surface area contributed by atoms with Crippen LogP contribution in [0.25, 0.3) is 5.57 Å². The molecule has 1 spiro atoms. The molecule has 4 heteroatoms. The summed E-state index contributed by atoms with van der Waals surface area (Å²) in [7, 11) is 0. The van der Waals surface area contributed by atoms with Crippen molar-refractivity contribution in [2.45, 2.75) is 44.6 Å². The number of carbonyl (C=O) groups is 1. The van der Waals surface area contributed by atoms with E-state index in [0.717, 1.165) is 37.1 Å². The summed E-state index contributed by atoms with van der Waals surface area (Å²) in [5.74, 6) is 0.0305. The third-order valence-electron chi connectivity index (χ3n) is 4.86. The first-order valence-electron chi connectivity index (χ1n) is 8.20. The number of likely N-dealkylation sites (N-methyl/N-ethyl adjacent to an activating group) is 1. The lowest BCUT2D eigenvalue weighted by Gasteiger charge is -2.36. The van der Waals surface area contributed by atoms with Crippen LogP contribution in [0.15, 0.2) is 29.8 Å². The van der Waals surface area contributed by atoms with E-state index in [9.17, 15) is 4.79 Å². The van der Waals surface area contributed by atoms with Gasteiger partial charge in [-0.1, -0.05) is 56.0 Å². The zero-order chi connectivity index (χ0) is 15.6. The molecule has 2 N–H and O–H groups in total. The smallest absolute Gasteiger partial charge is 0.252 e. The number of hydrogen-bond donors (Lipinski definition) is 2. The first kappa shape index (κ1) is 15.6. The van der Waals surface area contributed by atoms with Crippen molar-refractivity contribution < 1.29 is 4.79 Å². The maximum absolute atomic E-state index is 12.7. The molecular formula is C18H23ClN2O. The molecule has 2 aliphatic rings. The molecule has 0 saturated heterocycles. The van der Waals surface area contributed by atoms with Crippen LogP contribution in [0.3, 0.4) is 0 Å². The maximum atomic E-state index is 12.7. The van der Waals surface area contributed by atoms with Crippen LogP contribution in [0.2, 0.25) is 5.02 Å². The third-order valence-corrected chi connectivity index (χ3v) is 5.19. The number of carbonyl (C=O) groups excluding carboxylic acids is 1. The van der Waals surface area contributed by atoms with E-state index in [1.54, 1.807) is 0 Å². The summed E-state index contributed by atoms with van der Waals surface area (Å²) >= 11 is 6.36. The number of amides is 1. The van der Waals surface area contributed by atoms with Crippen LogP contribution in [-0.2, 0) is 4.79 Å². The first-order valence-corrected chi connectivity index (χ1v) is 8.57. The minimum atomic E-state index is -0.161. The largest absolute Gasteiger partial charge is 0.343 e. The summed E-state index contributed by atoms with van der Waals surface area (Å²) in [6.07, 6.45) is 5.67. The molecule has 1 fully saturated rings. The maximum Gasteiger partial charge on any atom is 0.252 e. The molecule has 118 valence electrons. The lowest BCUT2D eigenvalue weighted by Crippen LogP contribution is -2.47. The Balaban J connectivity index is 2.09. The fourth-order valence-electron chi connectivity index (χ4n) is 3.77. The van der Waals surface area contributed by atoms with Crippen LogP contribution in [0, 0.1) is 0 Å². The molecule has 1 aliphatic heterocycles. The highest BCUT2D eigenvalue weighted by molar-refractivity contribution is 6.35. The van der Waals surface area contributed by atoms with E-state index >= 15 is 0 Å². The second kappa shape index (κ2) is 6.43. The van der Waals surface area contributed by atoms with Crippen molar-refractivity contribution in [3.63, 3.8) is 0 Å². The highest BCUT2D eigenvalue weighted by Gasteiger charge is 2.45. The quantitative estimate of drug-likeness (QED) is 0.891. The van der Waals surface area contributed by atoms with Gasteiger partial charge in [-0.2, -0.15) is 0 Å². The zero-order valence-corrected chi connectivity index (χ0v) is 13.8. The van der Waals surface area contributed by atoms with Gasteiger partial charge < -0.3 is 10.6 Å². The minimum absolute atomic E-state index is 0.0305. The fourth-order valence-corrected chi connectivity index (χ4v) is 4.00. The van der Waals surface area contributed by atoms with Gasteiger partial charge in [0, 0.05) is 17.1 Å². The molecule has 0 atom stereocenters. The van der Waals surface area contributed by atoms with Crippen LogP contribution in [0.4, 0.5) is 0 Å². The SMILES string of the molecule is CCNCC1=C(c2ccccc2Cl)C(=O)NC12CCCCC2. The molecule has 1 aliphatic carbocycles. The Kier molecular flexibility index (Phi) is 4.55. The standard InChI is InChI=1S/C18H23ClN2O/c1-2-20-12-14-16(13-8-4-5-9-15(13)19)17(22)21-18(14)10-6-3-7-11-18/h4-5,8-9,20H,2-3,6-7,10-12H2,1H3,(H,21,22). The van der Waals surface area contributed by atoms with Gasteiger partial charge >= 0.3 is 0 Å². The van der Waals surface area contributed by atoms with E-state index in [1.165, 1.54) is 24.8 Å². The third kappa shape index (κ3) is 2.68. The van der Waals surface area contributed by atoms with Gasteiger partial charge in [0.05, 0.1) is 11.1 Å². The average molecular weight is 319 g/mol. The molecule has 1 aromatic rings. The summed E-state index contributed by atoms with van der Waals surface area (Å²) in [5, 5.41) is 7.35. The van der Waals surface area contributed by atoms with Gasteiger partial charge in [0.2, 0.25) is 0 Å². The van der Waals surface area contributed by atoms with Gasteiger partial charge in [-0.15, -0.1) is 0 Å². The van der Waals surface area contributed by atoms with E-state index in [-0.39, 0.29) is 11.4 Å². The molecule has 1 heterocycles. The molecule has 3 rings (SSSR count). The second-order valence-electron chi connectivity index (χ2n) is 6.21. The Morgan fingerprint density at radius 1 is 1.23 bits per heavy atom. The molecule has 1 saturated carbocycles. The van der Waals surface area contributed by atoms with E-state index in [4.69, 9.17) is 11.6 Å². The number of halogens is 1. The highest BCUT2D eigenvalue weighted by Crippen LogP contribution is 2.43. The molecule has 0 unspecified atom stereocenters. The molecule has 0 radical (unpaired) electrons. The van der Waals surface area contributed by atoms with Gasteiger partial charge in [0.15, 0.2) is 0 Å². The Labute approximate surface area is 137 Å². The van der Waals surface area contributed by atoms with Crippen molar-refractivity contribution in [1.82, 2.24) is 10.6 Å². The summed E-state index contributed by atoms with van der Waals surface area (Å²) in [4.78, 5) is 12.7. The monoisotopic (exact) mass is 318 g/mol. The first-order chi connectivity index (χ1) is 10.7. The molecule has 3 nitrogen and oxygen atoms in total. The number of hydrogen-bond acceptors (Lipinski definition) is 2. The summed E-state index contributed by atoms with van der Waals surface area (Å²) in [6, 6.07) is 7.65. The number of benzene rings is 1. The Morgan fingerprint density at radius 3 is 2.64 bits per heavy atom. The summed E-state index contributed by atoms with van der Waals surface area (Å²) in [6.45, 7) is 3.73. The fraction of sp³-hybridized carbons (Fsp3) is 0.500. The molecule has 22 heavy (non-hydrogen) atoms. The van der Waals surface area contributed by atoms with Crippen LogP contribution in [0.1, 0.15) is 44.6 Å². The van der Waals surface area contributed by atoms with Crippen molar-refractivity contribution in [3.05, 3.63) is 40.4 Å². The molecule has 0 bridgehead atoms. The van der Waals surface area contributed by atoms with Gasteiger partial charge in [0.25, 0.3) is 5.91 Å². The molecular weight excluding hydrogens is 296 g/mol. The lowest BCUT2D eigenvalue weighted by molar-refractivity contribution is -0.116. The minimum Gasteiger partial charge on any atom is -0.343 e. The highest BCUT2D eigenvalue weighted by atomic mass is 35.5. The van der Waals surface area contributed by atoms with Gasteiger partial charge in [0.1, 0.15) is 0 Å². The van der Waals surface area contributed by atoms with Gasteiger partial charge in [-0.3, -0.25) is 4.79 Å². The summed E-state index contributed by atoms with van der Waals surface area (Å²) in [5.41, 5.74) is 2.68. The lowest BCUT2D eigenvalue weighted by atomic mass is 9.76. The van der Waals surface area contributed by atoms with Crippen molar-refractivity contribution in [3.8, 4) is 0 Å². The van der Waals surface area contributed by atoms with E-state index in [2.05, 4.69) is 17.6 Å². The van der Waals surface area contributed by atoms with Crippen LogP contribution in [0.5, 0.6) is 0 Å². The molecule has 1 amide bonds. The normalized spacial score (nSPS) is 20.5. The van der Waals surface area contributed by atoms with Crippen molar-refractivity contribution in [1.29, 1.82) is 0 Å². The van der Waals surface area contributed by atoms with E-state index in [1.807, 2.05) is 24.3 Å². The van der Waals surface area contributed by atoms with Crippen LogP contribution >= 0.6 is 11.6 Å². The zero-order valence-electron chi connectivity index (χ0n) is 13.0. The van der Waals surface area contributed by atoms with E-state index < -0.39 is 0 Å². The predicted octanol–water partition coefficient (Wildman–Crippen LogP) is 3.54. The summed E-state index contributed by atoms with van der Waals surface area (Å²) < 4.78 is 0. The van der Waals surface area contributed by atoms with Crippen molar-refractivity contribution >= 4 is 23.1 Å². The molecule has 1 aromatic carbocycles. The Morgan fingerprint density at radius 2 is 1.95 bits per heavy atom. The van der Waals surface area contributed by atoms with Crippen LogP contribution in [-0.4, -0.2) is 24.5 Å². The van der Waals surface area contributed by atoms with Crippen LogP contribution < -0.4 is 10.6 Å². The topological polar surface area (TPSA) is 41.1 Å². The van der Waals surface area contributed by atoms with Gasteiger partial charge in [-0.05, 0) is 31.0 Å². The van der Waals surface area contributed by atoms with E-state index in [0.29, 0.717) is 5.02 Å². The average Bonchev–Trinajstić information content (AvgIpc) is 2.78. The van der Waals surface area contributed by atoms with Crippen molar-refractivity contribution in [2.75, 3.05) is 13.1 Å². The number of nitrogens with one attached hydrogen (secondary N) is 2. The Hall–Kier alpha value is -1.32. The molecule has 0 aromatic heterocycles.